The van der Waals surface area contributed by atoms with E-state index in [1.54, 1.807) is 12.1 Å². The molecule has 25 heavy (non-hydrogen) atoms. The number of methoxy groups -OCH3 is 1. The fraction of sp³-hybridized carbons (Fsp3) is 0.278. The highest BCUT2D eigenvalue weighted by molar-refractivity contribution is 7.92. The van der Waals surface area contributed by atoms with Gasteiger partial charge in [-0.2, -0.15) is 0 Å². The molecular formula is C18H22N2O4S. The molecular weight excluding hydrogens is 340 g/mol. The van der Waals surface area contributed by atoms with Gasteiger partial charge in [0.15, 0.2) is 0 Å². The molecule has 6 nitrogen and oxygen atoms in total. The Kier molecular flexibility index (Phi) is 5.69. The number of hydrogen-bond donors (Lipinski definition) is 2. The highest BCUT2D eigenvalue weighted by Gasteiger charge is 2.19. The van der Waals surface area contributed by atoms with Gasteiger partial charge in [0.05, 0.1) is 23.4 Å². The fourth-order valence-corrected chi connectivity index (χ4v) is 3.55. The molecule has 0 heterocycles. The molecule has 0 unspecified atom stereocenters. The zero-order valence-electron chi connectivity index (χ0n) is 14.7. The number of carbonyl (C=O) groups excluding carboxylic acids is 1. The van der Waals surface area contributed by atoms with Crippen LogP contribution in [0.3, 0.4) is 0 Å². The number of anilines is 2. The molecule has 0 aromatic heterocycles. The summed E-state index contributed by atoms with van der Waals surface area (Å²) in [5.41, 5.74) is 1.74. The van der Waals surface area contributed by atoms with E-state index in [2.05, 4.69) is 10.0 Å². The van der Waals surface area contributed by atoms with Crippen molar-refractivity contribution in [3.63, 3.8) is 0 Å². The van der Waals surface area contributed by atoms with E-state index in [0.29, 0.717) is 17.1 Å². The van der Waals surface area contributed by atoms with Crippen molar-refractivity contribution in [2.75, 3.05) is 17.1 Å². The van der Waals surface area contributed by atoms with Crippen LogP contribution in [0.15, 0.2) is 47.4 Å². The SMILES string of the molecule is COc1ccc(S(=O)(=O)Nc2ccccc2C(C)C)cc1NC(C)=O. The summed E-state index contributed by atoms with van der Waals surface area (Å²) in [5.74, 6) is 0.243. The minimum atomic E-state index is -3.81. The van der Waals surface area contributed by atoms with Gasteiger partial charge in [-0.3, -0.25) is 9.52 Å². The number of rotatable bonds is 6. The first-order valence-electron chi connectivity index (χ1n) is 7.82. The van der Waals surface area contributed by atoms with Gasteiger partial charge in [0.2, 0.25) is 5.91 Å². The Hall–Kier alpha value is -2.54. The van der Waals surface area contributed by atoms with Gasteiger partial charge in [-0.25, -0.2) is 8.42 Å². The second kappa shape index (κ2) is 7.57. The molecule has 2 aromatic carbocycles. The van der Waals surface area contributed by atoms with Crippen molar-refractivity contribution < 1.29 is 17.9 Å². The largest absolute Gasteiger partial charge is 0.495 e. The van der Waals surface area contributed by atoms with E-state index >= 15 is 0 Å². The van der Waals surface area contributed by atoms with Crippen LogP contribution in [0, 0.1) is 0 Å². The smallest absolute Gasteiger partial charge is 0.261 e. The number of carbonyl (C=O) groups is 1. The first kappa shape index (κ1) is 18.8. The molecule has 0 aliphatic rings. The number of para-hydroxylation sites is 1. The average Bonchev–Trinajstić information content (AvgIpc) is 2.54. The lowest BCUT2D eigenvalue weighted by molar-refractivity contribution is -0.114. The van der Waals surface area contributed by atoms with Gasteiger partial charge in [-0.15, -0.1) is 0 Å². The van der Waals surface area contributed by atoms with Crippen LogP contribution >= 0.6 is 0 Å². The summed E-state index contributed by atoms with van der Waals surface area (Å²) in [6.45, 7) is 5.34. The standard InChI is InChI=1S/C18H22N2O4S/c1-12(2)15-7-5-6-8-16(15)20-25(22,23)14-9-10-18(24-4)17(11-14)19-13(3)21/h5-12,20H,1-4H3,(H,19,21). The van der Waals surface area contributed by atoms with Crippen LogP contribution in [-0.4, -0.2) is 21.4 Å². The van der Waals surface area contributed by atoms with Gasteiger partial charge in [-0.1, -0.05) is 32.0 Å². The normalized spacial score (nSPS) is 11.2. The van der Waals surface area contributed by atoms with Gasteiger partial charge < -0.3 is 10.1 Å². The molecule has 0 atom stereocenters. The van der Waals surface area contributed by atoms with E-state index in [0.717, 1.165) is 5.56 Å². The van der Waals surface area contributed by atoms with Crippen molar-refractivity contribution in [1.29, 1.82) is 0 Å². The Morgan fingerprint density at radius 1 is 1.08 bits per heavy atom. The number of benzene rings is 2. The van der Waals surface area contributed by atoms with E-state index in [1.807, 2.05) is 26.0 Å². The van der Waals surface area contributed by atoms with Crippen LogP contribution in [0.1, 0.15) is 32.3 Å². The third kappa shape index (κ3) is 4.51. The summed E-state index contributed by atoms with van der Waals surface area (Å²) in [7, 11) is -2.36. The van der Waals surface area contributed by atoms with Gasteiger partial charge in [0, 0.05) is 6.92 Å². The van der Waals surface area contributed by atoms with E-state index < -0.39 is 10.0 Å². The maximum Gasteiger partial charge on any atom is 0.261 e. The average molecular weight is 362 g/mol. The van der Waals surface area contributed by atoms with E-state index in [-0.39, 0.29) is 16.7 Å². The van der Waals surface area contributed by atoms with Crippen LogP contribution in [0.5, 0.6) is 5.75 Å². The van der Waals surface area contributed by atoms with E-state index in [1.165, 1.54) is 32.2 Å². The Morgan fingerprint density at radius 3 is 2.36 bits per heavy atom. The molecule has 0 bridgehead atoms. The van der Waals surface area contributed by atoms with Crippen LogP contribution in [0.4, 0.5) is 11.4 Å². The second-order valence-electron chi connectivity index (χ2n) is 5.89. The summed E-state index contributed by atoms with van der Waals surface area (Å²) in [6, 6.07) is 11.6. The van der Waals surface area contributed by atoms with E-state index in [9.17, 15) is 13.2 Å². The minimum Gasteiger partial charge on any atom is -0.495 e. The van der Waals surface area contributed by atoms with Crippen molar-refractivity contribution in [3.8, 4) is 5.75 Å². The molecule has 7 heteroatoms. The monoisotopic (exact) mass is 362 g/mol. The van der Waals surface area contributed by atoms with Crippen LogP contribution in [0.2, 0.25) is 0 Å². The quantitative estimate of drug-likeness (QED) is 0.823. The van der Waals surface area contributed by atoms with Crippen LogP contribution in [0.25, 0.3) is 0 Å². The summed E-state index contributed by atoms with van der Waals surface area (Å²) in [6.07, 6.45) is 0. The highest BCUT2D eigenvalue weighted by Crippen LogP contribution is 2.30. The summed E-state index contributed by atoms with van der Waals surface area (Å²) >= 11 is 0. The molecule has 0 saturated heterocycles. The van der Waals surface area contributed by atoms with Gasteiger partial charge in [-0.05, 0) is 35.7 Å². The van der Waals surface area contributed by atoms with Crippen molar-refractivity contribution in [2.45, 2.75) is 31.6 Å². The van der Waals surface area contributed by atoms with Crippen molar-refractivity contribution in [3.05, 3.63) is 48.0 Å². The Morgan fingerprint density at radius 2 is 1.76 bits per heavy atom. The second-order valence-corrected chi connectivity index (χ2v) is 7.57. The molecule has 0 spiro atoms. The third-order valence-corrected chi connectivity index (χ3v) is 4.98. The predicted molar refractivity (Wildman–Crippen MR) is 98.6 cm³/mol. The molecule has 1 amide bonds. The van der Waals surface area contributed by atoms with Crippen molar-refractivity contribution >= 4 is 27.3 Å². The van der Waals surface area contributed by atoms with Crippen molar-refractivity contribution in [1.82, 2.24) is 0 Å². The topological polar surface area (TPSA) is 84.5 Å². The first-order valence-corrected chi connectivity index (χ1v) is 9.30. The minimum absolute atomic E-state index is 0.0376. The first-order chi connectivity index (χ1) is 11.7. The molecule has 2 N–H and O–H groups in total. The summed E-state index contributed by atoms with van der Waals surface area (Å²) in [5, 5.41) is 2.57. The third-order valence-electron chi connectivity index (χ3n) is 3.62. The lowest BCUT2D eigenvalue weighted by atomic mass is 10.0. The number of sulfonamides is 1. The number of amides is 1. The number of nitrogens with one attached hydrogen (secondary N) is 2. The van der Waals surface area contributed by atoms with Crippen LogP contribution in [-0.2, 0) is 14.8 Å². The molecule has 2 aromatic rings. The zero-order valence-corrected chi connectivity index (χ0v) is 15.5. The van der Waals surface area contributed by atoms with Crippen molar-refractivity contribution in [2.24, 2.45) is 0 Å². The van der Waals surface area contributed by atoms with Gasteiger partial charge in [0.1, 0.15) is 5.75 Å². The molecule has 0 radical (unpaired) electrons. The molecule has 0 aliphatic carbocycles. The molecule has 0 fully saturated rings. The fourth-order valence-electron chi connectivity index (χ4n) is 2.44. The lowest BCUT2D eigenvalue weighted by Gasteiger charge is -2.16. The predicted octanol–water partition coefficient (Wildman–Crippen LogP) is 3.58. The van der Waals surface area contributed by atoms with E-state index in [4.69, 9.17) is 4.74 Å². The molecule has 134 valence electrons. The lowest BCUT2D eigenvalue weighted by Crippen LogP contribution is -2.15. The summed E-state index contributed by atoms with van der Waals surface area (Å²) < 4.78 is 33.3. The molecule has 2 rings (SSSR count). The number of ether oxygens (including phenoxy) is 1. The number of hydrogen-bond acceptors (Lipinski definition) is 4. The van der Waals surface area contributed by atoms with Crippen LogP contribution < -0.4 is 14.8 Å². The Bertz CT molecular complexity index is 876. The molecule has 0 aliphatic heterocycles. The molecule has 0 saturated carbocycles. The van der Waals surface area contributed by atoms with Gasteiger partial charge in [0.25, 0.3) is 10.0 Å². The Balaban J connectivity index is 2.42. The maximum absolute atomic E-state index is 12.7. The zero-order chi connectivity index (χ0) is 18.6. The Labute approximate surface area is 148 Å². The van der Waals surface area contributed by atoms with Gasteiger partial charge >= 0.3 is 0 Å². The highest BCUT2D eigenvalue weighted by atomic mass is 32.2. The summed E-state index contributed by atoms with van der Waals surface area (Å²) in [4.78, 5) is 11.4. The maximum atomic E-state index is 12.7.